The number of amides is 2. The Bertz CT molecular complexity index is 795. The Morgan fingerprint density at radius 1 is 1.04 bits per heavy atom. The zero-order valence-electron chi connectivity index (χ0n) is 15.8. The van der Waals surface area contributed by atoms with E-state index in [1.165, 1.54) is 0 Å². The third-order valence-electron chi connectivity index (χ3n) is 4.41. The number of hydrogen-bond donors (Lipinski definition) is 2. The lowest BCUT2D eigenvalue weighted by molar-refractivity contribution is 0.0952. The van der Waals surface area contributed by atoms with Gasteiger partial charge in [-0.1, -0.05) is 26.0 Å². The van der Waals surface area contributed by atoms with Crippen LogP contribution in [0.3, 0.4) is 0 Å². The Morgan fingerprint density at radius 2 is 1.74 bits per heavy atom. The van der Waals surface area contributed by atoms with Gasteiger partial charge in [0.05, 0.1) is 17.9 Å². The predicted octanol–water partition coefficient (Wildman–Crippen LogP) is 4.26. The summed E-state index contributed by atoms with van der Waals surface area (Å²) in [7, 11) is 0. The summed E-state index contributed by atoms with van der Waals surface area (Å²) in [5.41, 5.74) is 1.51. The molecule has 1 fully saturated rings. The molecule has 1 aliphatic carbocycles. The Labute approximate surface area is 160 Å². The number of nitrogens with one attached hydrogen (secondary N) is 2. The van der Waals surface area contributed by atoms with Crippen LogP contribution in [-0.2, 0) is 0 Å². The Kier molecular flexibility index (Phi) is 6.12. The third kappa shape index (κ3) is 5.58. The van der Waals surface area contributed by atoms with E-state index in [9.17, 15) is 9.59 Å². The smallest absolute Gasteiger partial charge is 0.255 e. The molecular weight excluding hydrogens is 340 g/mol. The van der Waals surface area contributed by atoms with Crippen LogP contribution in [0.2, 0.25) is 0 Å². The van der Waals surface area contributed by atoms with E-state index in [4.69, 9.17) is 4.74 Å². The lowest BCUT2D eigenvalue weighted by atomic mass is 10.1. The van der Waals surface area contributed by atoms with Crippen LogP contribution in [0.4, 0.5) is 5.69 Å². The van der Waals surface area contributed by atoms with Gasteiger partial charge in [-0.25, -0.2) is 0 Å². The maximum atomic E-state index is 12.6. The molecule has 0 aromatic heterocycles. The molecular formula is C22H26N2O3. The van der Waals surface area contributed by atoms with Crippen LogP contribution in [-0.4, -0.2) is 24.5 Å². The van der Waals surface area contributed by atoms with Crippen LogP contribution >= 0.6 is 0 Å². The molecule has 0 aliphatic heterocycles. The van der Waals surface area contributed by atoms with E-state index in [0.717, 1.165) is 25.0 Å². The number of hydrogen-bond acceptors (Lipinski definition) is 3. The molecule has 0 atom stereocenters. The van der Waals surface area contributed by atoms with Crippen molar-refractivity contribution < 1.29 is 14.3 Å². The fourth-order valence-corrected chi connectivity index (χ4v) is 2.59. The van der Waals surface area contributed by atoms with Crippen molar-refractivity contribution in [3.8, 4) is 5.75 Å². The van der Waals surface area contributed by atoms with E-state index in [1.807, 2.05) is 0 Å². The van der Waals surface area contributed by atoms with Crippen molar-refractivity contribution in [1.82, 2.24) is 5.32 Å². The summed E-state index contributed by atoms with van der Waals surface area (Å²) in [4.78, 5) is 24.9. The number of ether oxygens (including phenoxy) is 1. The minimum Gasteiger partial charge on any atom is -0.494 e. The molecule has 142 valence electrons. The molecule has 0 bridgehead atoms. The quantitative estimate of drug-likeness (QED) is 0.734. The molecule has 0 saturated heterocycles. The van der Waals surface area contributed by atoms with Gasteiger partial charge < -0.3 is 15.4 Å². The van der Waals surface area contributed by atoms with Crippen LogP contribution in [0, 0.1) is 5.92 Å². The standard InChI is InChI=1S/C22H26N2O3/c1-15(2)13-14-27-18-11-7-16(8-12-18)21(25)24-20-6-4-3-5-19(20)22(26)23-17-9-10-17/h3-8,11-12,15,17H,9-10,13-14H2,1-2H3,(H,23,26)(H,24,25). The first kappa shape index (κ1) is 19.0. The van der Waals surface area contributed by atoms with Gasteiger partial charge in [0.15, 0.2) is 0 Å². The molecule has 3 rings (SSSR count). The van der Waals surface area contributed by atoms with Crippen molar-refractivity contribution in [2.75, 3.05) is 11.9 Å². The number of benzene rings is 2. The molecule has 5 nitrogen and oxygen atoms in total. The molecule has 0 spiro atoms. The molecule has 0 heterocycles. The molecule has 2 amide bonds. The zero-order valence-corrected chi connectivity index (χ0v) is 15.8. The zero-order chi connectivity index (χ0) is 19.2. The summed E-state index contributed by atoms with van der Waals surface area (Å²) in [6.07, 6.45) is 3.03. The maximum absolute atomic E-state index is 12.6. The Morgan fingerprint density at radius 3 is 2.41 bits per heavy atom. The van der Waals surface area contributed by atoms with Gasteiger partial charge in [0.1, 0.15) is 5.75 Å². The summed E-state index contributed by atoms with van der Waals surface area (Å²) >= 11 is 0. The van der Waals surface area contributed by atoms with Gasteiger partial charge in [0.2, 0.25) is 0 Å². The molecule has 2 aromatic rings. The highest BCUT2D eigenvalue weighted by Crippen LogP contribution is 2.22. The molecule has 1 saturated carbocycles. The predicted molar refractivity (Wildman–Crippen MR) is 106 cm³/mol. The Balaban J connectivity index is 1.62. The summed E-state index contributed by atoms with van der Waals surface area (Å²) in [6, 6.07) is 14.4. The first-order valence-corrected chi connectivity index (χ1v) is 9.47. The van der Waals surface area contributed by atoms with E-state index in [0.29, 0.717) is 29.3 Å². The number of rotatable bonds is 8. The number of anilines is 1. The van der Waals surface area contributed by atoms with Gasteiger partial charge in [-0.3, -0.25) is 9.59 Å². The van der Waals surface area contributed by atoms with E-state index >= 15 is 0 Å². The van der Waals surface area contributed by atoms with Crippen LogP contribution in [0.25, 0.3) is 0 Å². The molecule has 2 aromatic carbocycles. The summed E-state index contributed by atoms with van der Waals surface area (Å²) in [5, 5.41) is 5.79. The normalized spacial score (nSPS) is 13.3. The van der Waals surface area contributed by atoms with Crippen LogP contribution in [0.1, 0.15) is 53.8 Å². The molecule has 27 heavy (non-hydrogen) atoms. The topological polar surface area (TPSA) is 67.4 Å². The fourth-order valence-electron chi connectivity index (χ4n) is 2.59. The van der Waals surface area contributed by atoms with E-state index in [1.54, 1.807) is 48.5 Å². The number of carbonyl (C=O) groups is 2. The van der Waals surface area contributed by atoms with Crippen LogP contribution in [0.15, 0.2) is 48.5 Å². The van der Waals surface area contributed by atoms with Crippen LogP contribution < -0.4 is 15.4 Å². The highest BCUT2D eigenvalue weighted by molar-refractivity contribution is 6.09. The maximum Gasteiger partial charge on any atom is 0.255 e. The minimum absolute atomic E-state index is 0.151. The van der Waals surface area contributed by atoms with Crippen molar-refractivity contribution in [1.29, 1.82) is 0 Å². The van der Waals surface area contributed by atoms with E-state index < -0.39 is 0 Å². The number of carbonyl (C=O) groups excluding carboxylic acids is 2. The second-order valence-electron chi connectivity index (χ2n) is 7.30. The lowest BCUT2D eigenvalue weighted by Gasteiger charge is -2.12. The minimum atomic E-state index is -0.254. The molecule has 2 N–H and O–H groups in total. The van der Waals surface area contributed by atoms with Crippen molar-refractivity contribution >= 4 is 17.5 Å². The summed E-state index contributed by atoms with van der Waals surface area (Å²) in [5.74, 6) is 0.932. The van der Waals surface area contributed by atoms with Gasteiger partial charge in [-0.15, -0.1) is 0 Å². The average molecular weight is 366 g/mol. The van der Waals surface area contributed by atoms with Crippen molar-refractivity contribution in [2.24, 2.45) is 5.92 Å². The highest BCUT2D eigenvalue weighted by Gasteiger charge is 2.25. The lowest BCUT2D eigenvalue weighted by Crippen LogP contribution is -2.27. The summed E-state index contributed by atoms with van der Waals surface area (Å²) in [6.45, 7) is 4.96. The summed E-state index contributed by atoms with van der Waals surface area (Å²) < 4.78 is 5.68. The van der Waals surface area contributed by atoms with Gasteiger partial charge >= 0.3 is 0 Å². The van der Waals surface area contributed by atoms with E-state index in [2.05, 4.69) is 24.5 Å². The van der Waals surface area contributed by atoms with Crippen molar-refractivity contribution in [3.63, 3.8) is 0 Å². The van der Waals surface area contributed by atoms with Gasteiger partial charge in [0, 0.05) is 11.6 Å². The third-order valence-corrected chi connectivity index (χ3v) is 4.41. The molecule has 0 radical (unpaired) electrons. The second kappa shape index (κ2) is 8.71. The monoisotopic (exact) mass is 366 g/mol. The SMILES string of the molecule is CC(C)CCOc1ccc(C(=O)Nc2ccccc2C(=O)NC2CC2)cc1. The van der Waals surface area contributed by atoms with Crippen LogP contribution in [0.5, 0.6) is 5.75 Å². The number of para-hydroxylation sites is 1. The highest BCUT2D eigenvalue weighted by atomic mass is 16.5. The van der Waals surface area contributed by atoms with Gasteiger partial charge in [-0.2, -0.15) is 0 Å². The fraction of sp³-hybridized carbons (Fsp3) is 0.364. The largest absolute Gasteiger partial charge is 0.494 e. The second-order valence-corrected chi connectivity index (χ2v) is 7.30. The first-order valence-electron chi connectivity index (χ1n) is 9.47. The van der Waals surface area contributed by atoms with Gasteiger partial charge in [0.25, 0.3) is 11.8 Å². The molecule has 5 heteroatoms. The molecule has 0 unspecified atom stereocenters. The van der Waals surface area contributed by atoms with Crippen molar-refractivity contribution in [3.05, 3.63) is 59.7 Å². The average Bonchev–Trinajstić information content (AvgIpc) is 3.46. The first-order chi connectivity index (χ1) is 13.0. The molecule has 1 aliphatic rings. The Hall–Kier alpha value is -2.82. The van der Waals surface area contributed by atoms with Crippen molar-refractivity contribution in [2.45, 2.75) is 39.2 Å². The van der Waals surface area contributed by atoms with Gasteiger partial charge in [-0.05, 0) is 61.6 Å². The van der Waals surface area contributed by atoms with E-state index in [-0.39, 0.29) is 17.9 Å².